The Labute approximate surface area is 97.8 Å². The quantitative estimate of drug-likeness (QED) is 0.572. The van der Waals surface area contributed by atoms with Gasteiger partial charge in [0.2, 0.25) is 5.91 Å². The van der Waals surface area contributed by atoms with Crippen LogP contribution >= 0.6 is 0 Å². The molecule has 0 aliphatic heterocycles. The molecule has 4 heteroatoms. The lowest BCUT2D eigenvalue weighted by Crippen LogP contribution is -2.44. The van der Waals surface area contributed by atoms with Crippen LogP contribution in [0.1, 0.15) is 39.5 Å². The van der Waals surface area contributed by atoms with Gasteiger partial charge in [-0.05, 0) is 38.0 Å². The molecule has 94 valence electrons. The zero-order valence-electron chi connectivity index (χ0n) is 10.4. The second-order valence-electron chi connectivity index (χ2n) is 4.87. The summed E-state index contributed by atoms with van der Waals surface area (Å²) in [5, 5.41) is 15.1. The molecule has 1 atom stereocenters. The lowest BCUT2D eigenvalue weighted by Gasteiger charge is -2.19. The second kappa shape index (κ2) is 6.21. The molecule has 0 aromatic carbocycles. The van der Waals surface area contributed by atoms with Crippen LogP contribution in [0.3, 0.4) is 0 Å². The van der Waals surface area contributed by atoms with Crippen molar-refractivity contribution in [3.63, 3.8) is 0 Å². The van der Waals surface area contributed by atoms with Gasteiger partial charge in [-0.25, -0.2) is 0 Å². The normalized spacial score (nSPS) is 19.2. The third kappa shape index (κ3) is 4.10. The van der Waals surface area contributed by atoms with Crippen LogP contribution in [-0.4, -0.2) is 36.8 Å². The van der Waals surface area contributed by atoms with Gasteiger partial charge in [-0.15, -0.1) is 0 Å². The van der Waals surface area contributed by atoms with Crippen molar-refractivity contribution in [3.05, 3.63) is 0 Å². The molecule has 0 saturated heterocycles. The van der Waals surface area contributed by atoms with Crippen LogP contribution in [0, 0.1) is 5.41 Å². The number of aliphatic hydroxyl groups excluding tert-OH is 1. The molecule has 0 spiro atoms. The molecule has 1 aliphatic rings. The standard InChI is InChI=1S/C12H24N2O2/c1-3-7-13-11(16)10(2)14-9-12(4-5-12)6-8-15/h10,14-15H,3-9H2,1-2H3,(H,13,16). The molecule has 3 N–H and O–H groups in total. The van der Waals surface area contributed by atoms with E-state index in [4.69, 9.17) is 5.11 Å². The molecule has 1 fully saturated rings. The van der Waals surface area contributed by atoms with Crippen molar-refractivity contribution < 1.29 is 9.90 Å². The van der Waals surface area contributed by atoms with Crippen LogP contribution in [0.2, 0.25) is 0 Å². The third-order valence-corrected chi connectivity index (χ3v) is 3.33. The highest BCUT2D eigenvalue weighted by Crippen LogP contribution is 2.47. The van der Waals surface area contributed by atoms with Crippen LogP contribution < -0.4 is 10.6 Å². The maximum Gasteiger partial charge on any atom is 0.236 e. The van der Waals surface area contributed by atoms with Crippen molar-refractivity contribution in [1.29, 1.82) is 0 Å². The maximum absolute atomic E-state index is 11.6. The molecular weight excluding hydrogens is 204 g/mol. The van der Waals surface area contributed by atoms with E-state index >= 15 is 0 Å². The number of nitrogens with one attached hydrogen (secondary N) is 2. The molecular formula is C12H24N2O2. The first-order chi connectivity index (χ1) is 7.63. The van der Waals surface area contributed by atoms with Crippen LogP contribution in [0.15, 0.2) is 0 Å². The fraction of sp³-hybridized carbons (Fsp3) is 0.917. The zero-order chi connectivity index (χ0) is 12.0. The topological polar surface area (TPSA) is 61.4 Å². The molecule has 16 heavy (non-hydrogen) atoms. The third-order valence-electron chi connectivity index (χ3n) is 3.33. The first-order valence-corrected chi connectivity index (χ1v) is 6.25. The van der Waals surface area contributed by atoms with Crippen LogP contribution in [0.25, 0.3) is 0 Å². The van der Waals surface area contributed by atoms with Gasteiger partial charge in [0.25, 0.3) is 0 Å². The van der Waals surface area contributed by atoms with E-state index in [1.54, 1.807) is 0 Å². The van der Waals surface area contributed by atoms with Crippen LogP contribution in [-0.2, 0) is 4.79 Å². The number of aliphatic hydroxyl groups is 1. The molecule has 0 aromatic heterocycles. The van der Waals surface area contributed by atoms with Gasteiger partial charge in [-0.2, -0.15) is 0 Å². The van der Waals surface area contributed by atoms with Gasteiger partial charge in [0.05, 0.1) is 6.04 Å². The average molecular weight is 228 g/mol. The summed E-state index contributed by atoms with van der Waals surface area (Å²) in [5.41, 5.74) is 0.272. The van der Waals surface area contributed by atoms with Gasteiger partial charge in [-0.1, -0.05) is 6.92 Å². The largest absolute Gasteiger partial charge is 0.396 e. The Bertz CT molecular complexity index is 227. The van der Waals surface area contributed by atoms with Gasteiger partial charge in [0.1, 0.15) is 0 Å². The minimum absolute atomic E-state index is 0.0710. The number of carbonyl (C=O) groups excluding carboxylic acids is 1. The van der Waals surface area contributed by atoms with Crippen molar-refractivity contribution >= 4 is 5.91 Å². The van der Waals surface area contributed by atoms with Gasteiger partial charge >= 0.3 is 0 Å². The fourth-order valence-electron chi connectivity index (χ4n) is 1.79. The molecule has 0 aromatic rings. The van der Waals surface area contributed by atoms with E-state index in [0.717, 1.165) is 25.9 Å². The van der Waals surface area contributed by atoms with Crippen LogP contribution in [0.4, 0.5) is 0 Å². The summed E-state index contributed by atoms with van der Waals surface area (Å²) in [5.74, 6) is 0.0710. The molecule has 0 heterocycles. The smallest absolute Gasteiger partial charge is 0.236 e. The van der Waals surface area contributed by atoms with Gasteiger partial charge in [0, 0.05) is 19.7 Å². The molecule has 1 amide bonds. The molecule has 4 nitrogen and oxygen atoms in total. The summed E-state index contributed by atoms with van der Waals surface area (Å²) >= 11 is 0. The number of amides is 1. The Morgan fingerprint density at radius 1 is 1.50 bits per heavy atom. The van der Waals surface area contributed by atoms with E-state index in [9.17, 15) is 4.79 Å². The predicted octanol–water partition coefficient (Wildman–Crippen LogP) is 0.653. The fourth-order valence-corrected chi connectivity index (χ4v) is 1.79. The van der Waals surface area contributed by atoms with Crippen LogP contribution in [0.5, 0.6) is 0 Å². The molecule has 0 bridgehead atoms. The first kappa shape index (κ1) is 13.5. The summed E-state index contributed by atoms with van der Waals surface area (Å²) < 4.78 is 0. The molecule has 1 saturated carbocycles. The molecule has 1 aliphatic carbocycles. The van der Waals surface area contributed by atoms with Crippen molar-refractivity contribution in [1.82, 2.24) is 10.6 Å². The second-order valence-corrected chi connectivity index (χ2v) is 4.87. The van der Waals surface area contributed by atoms with E-state index in [2.05, 4.69) is 10.6 Å². The number of hydrogen-bond donors (Lipinski definition) is 3. The number of hydrogen-bond acceptors (Lipinski definition) is 3. The Hall–Kier alpha value is -0.610. The zero-order valence-corrected chi connectivity index (χ0v) is 10.4. The maximum atomic E-state index is 11.6. The summed E-state index contributed by atoms with van der Waals surface area (Å²) in [6.07, 6.45) is 4.16. The minimum atomic E-state index is -0.136. The molecule has 1 unspecified atom stereocenters. The molecule has 0 radical (unpaired) electrons. The van der Waals surface area contributed by atoms with Gasteiger partial charge in [0.15, 0.2) is 0 Å². The van der Waals surface area contributed by atoms with Crippen molar-refractivity contribution in [3.8, 4) is 0 Å². The van der Waals surface area contributed by atoms with E-state index in [-0.39, 0.29) is 24.0 Å². The summed E-state index contributed by atoms with van der Waals surface area (Å²) in [7, 11) is 0. The Balaban J connectivity index is 2.19. The lowest BCUT2D eigenvalue weighted by molar-refractivity contribution is -0.122. The SMILES string of the molecule is CCCNC(=O)C(C)NCC1(CCO)CC1. The summed E-state index contributed by atoms with van der Waals surface area (Å²) in [6.45, 7) is 5.76. The Kier molecular flexibility index (Phi) is 5.22. The van der Waals surface area contributed by atoms with E-state index in [1.807, 2.05) is 13.8 Å². The Morgan fingerprint density at radius 2 is 2.19 bits per heavy atom. The van der Waals surface area contributed by atoms with Crippen molar-refractivity contribution in [2.45, 2.75) is 45.6 Å². The number of carbonyl (C=O) groups is 1. The Morgan fingerprint density at radius 3 is 2.69 bits per heavy atom. The van der Waals surface area contributed by atoms with E-state index < -0.39 is 0 Å². The average Bonchev–Trinajstić information content (AvgIpc) is 3.03. The highest BCUT2D eigenvalue weighted by atomic mass is 16.3. The monoisotopic (exact) mass is 228 g/mol. The number of rotatable bonds is 8. The summed E-state index contributed by atoms with van der Waals surface area (Å²) in [6, 6.07) is -0.136. The first-order valence-electron chi connectivity index (χ1n) is 6.25. The van der Waals surface area contributed by atoms with Crippen molar-refractivity contribution in [2.24, 2.45) is 5.41 Å². The summed E-state index contributed by atoms with van der Waals surface area (Å²) in [4.78, 5) is 11.6. The van der Waals surface area contributed by atoms with E-state index in [1.165, 1.54) is 12.8 Å². The van der Waals surface area contributed by atoms with Gasteiger partial charge in [-0.3, -0.25) is 4.79 Å². The highest BCUT2D eigenvalue weighted by molar-refractivity contribution is 5.81. The lowest BCUT2D eigenvalue weighted by atomic mass is 10.0. The van der Waals surface area contributed by atoms with Gasteiger partial charge < -0.3 is 15.7 Å². The predicted molar refractivity (Wildman–Crippen MR) is 64.1 cm³/mol. The molecule has 1 rings (SSSR count). The highest BCUT2D eigenvalue weighted by Gasteiger charge is 2.41. The van der Waals surface area contributed by atoms with E-state index in [0.29, 0.717) is 0 Å². The minimum Gasteiger partial charge on any atom is -0.396 e. The van der Waals surface area contributed by atoms with Crippen molar-refractivity contribution in [2.75, 3.05) is 19.7 Å².